The largest absolute Gasteiger partial charge is 0.394 e. The highest BCUT2D eigenvalue weighted by molar-refractivity contribution is 6.16. The molecule has 1 saturated carbocycles. The third-order valence-electron chi connectivity index (χ3n) is 5.21. The highest BCUT2D eigenvalue weighted by atomic mass is 16.7. The van der Waals surface area contributed by atoms with Crippen molar-refractivity contribution in [1.29, 1.82) is 5.26 Å². The monoisotopic (exact) mass is 430 g/mol. The van der Waals surface area contributed by atoms with Crippen molar-refractivity contribution in [3.63, 3.8) is 0 Å². The predicted molar refractivity (Wildman–Crippen MR) is 102 cm³/mol. The molecule has 0 amide bonds. The summed E-state index contributed by atoms with van der Waals surface area (Å²) in [7, 11) is 5.43. The maximum absolute atomic E-state index is 10.2. The van der Waals surface area contributed by atoms with Gasteiger partial charge in [0.1, 0.15) is 19.8 Å². The van der Waals surface area contributed by atoms with Crippen LogP contribution in [0.25, 0.3) is 22.3 Å². The van der Waals surface area contributed by atoms with Gasteiger partial charge in [0.2, 0.25) is 11.6 Å². The Morgan fingerprint density at radius 1 is 1.16 bits per heavy atom. The Kier molecular flexibility index (Phi) is 5.41. The molecule has 4 rings (SSSR count). The van der Waals surface area contributed by atoms with Crippen LogP contribution in [0.1, 0.15) is 6.92 Å². The van der Waals surface area contributed by atoms with E-state index >= 15 is 0 Å². The minimum absolute atomic E-state index is 0.505. The van der Waals surface area contributed by atoms with Gasteiger partial charge in [-0.25, -0.2) is 9.97 Å². The molecule has 0 spiro atoms. The van der Waals surface area contributed by atoms with Crippen LogP contribution in [-0.4, -0.2) is 91.2 Å². The number of fused-ring (bicyclic) bond motifs is 1. The van der Waals surface area contributed by atoms with E-state index in [1.807, 2.05) is 0 Å². The van der Waals surface area contributed by atoms with Crippen molar-refractivity contribution in [2.75, 3.05) is 0 Å². The second-order valence-corrected chi connectivity index (χ2v) is 7.09. The number of hydrogen-bond donors (Lipinski definition) is 8. The first-order valence-electron chi connectivity index (χ1n) is 8.80. The van der Waals surface area contributed by atoms with Gasteiger partial charge in [-0.2, -0.15) is 10.4 Å². The van der Waals surface area contributed by atoms with Gasteiger partial charge >= 0.3 is 0 Å². The van der Waals surface area contributed by atoms with Crippen molar-refractivity contribution >= 4 is 18.9 Å². The first-order chi connectivity index (χ1) is 14.3. The number of H-pyrrole nitrogens is 1. The normalized spacial score (nSPS) is 25.6. The molecule has 13 nitrogen and oxygen atoms in total. The van der Waals surface area contributed by atoms with Gasteiger partial charge in [-0.15, -0.1) is 0 Å². The van der Waals surface area contributed by atoms with Gasteiger partial charge in [0.25, 0.3) is 5.79 Å². The average molecular weight is 430 g/mol. The van der Waals surface area contributed by atoms with E-state index in [4.69, 9.17) is 13.1 Å². The molecule has 2 radical (unpaired) electrons. The number of rotatable bonds is 3. The molecule has 1 fully saturated rings. The van der Waals surface area contributed by atoms with Crippen LogP contribution in [0.4, 0.5) is 0 Å². The third-order valence-corrected chi connectivity index (χ3v) is 5.21. The number of nitrogens with zero attached hydrogens (tertiary/aromatic N) is 5. The molecule has 162 valence electrons. The molecule has 8 N–H and O–H groups in total. The van der Waals surface area contributed by atoms with E-state index in [0.717, 1.165) is 4.68 Å². The maximum atomic E-state index is 10.2. The fourth-order valence-corrected chi connectivity index (χ4v) is 3.47. The molecule has 0 aromatic carbocycles. The number of hydrogen-bond acceptors (Lipinski definition) is 11. The Balaban J connectivity index is 0.000000858. The zero-order valence-electron chi connectivity index (χ0n) is 16.1. The first kappa shape index (κ1) is 22.8. The summed E-state index contributed by atoms with van der Waals surface area (Å²) < 4.78 is 1.11. The molecule has 3 heterocycles. The van der Waals surface area contributed by atoms with E-state index in [9.17, 15) is 35.7 Å². The highest BCUT2D eigenvalue weighted by Gasteiger charge is 2.81. The van der Waals surface area contributed by atoms with Crippen molar-refractivity contribution in [3.8, 4) is 17.3 Å². The molecule has 1 aliphatic rings. The molecule has 2 atom stereocenters. The summed E-state index contributed by atoms with van der Waals surface area (Å²) in [6.45, 7) is 0.826. The lowest BCUT2D eigenvalue weighted by molar-refractivity contribution is -0.432. The van der Waals surface area contributed by atoms with E-state index in [1.54, 1.807) is 18.3 Å². The quantitative estimate of drug-likeness (QED) is 0.153. The second-order valence-electron chi connectivity index (χ2n) is 7.09. The summed E-state index contributed by atoms with van der Waals surface area (Å²) in [5, 5.41) is 81.6. The standard InChI is InChI=1S/C15H16BN5O7.C2H3N/c16-12(22)9(13(23,24)15(27,28)14(12,25)26)5-21-4-7(3-20-21)10-8-1-2-17-11(8)19-6-18-10;1-2-3/h1-4,6,9,22-28H,5H2,(H,17,18,19);1H3. The summed E-state index contributed by atoms with van der Waals surface area (Å²) >= 11 is 0. The molecule has 1 aliphatic carbocycles. The maximum Gasteiger partial charge on any atom is 0.276 e. The fraction of sp³-hybridized carbons (Fsp3) is 0.412. The predicted octanol–water partition coefficient (Wildman–Crippen LogP) is -3.12. The van der Waals surface area contributed by atoms with Crippen LogP contribution >= 0.6 is 0 Å². The molecule has 3 aromatic heterocycles. The molecule has 14 heteroatoms. The minimum Gasteiger partial charge on any atom is -0.394 e. The van der Waals surface area contributed by atoms with Crippen LogP contribution in [0.5, 0.6) is 0 Å². The van der Waals surface area contributed by atoms with E-state index in [1.165, 1.54) is 25.6 Å². The van der Waals surface area contributed by atoms with E-state index in [2.05, 4.69) is 20.1 Å². The van der Waals surface area contributed by atoms with Crippen LogP contribution in [0, 0.1) is 17.2 Å². The van der Waals surface area contributed by atoms with Crippen LogP contribution < -0.4 is 0 Å². The van der Waals surface area contributed by atoms with E-state index in [-0.39, 0.29) is 0 Å². The van der Waals surface area contributed by atoms with Crippen LogP contribution in [-0.2, 0) is 6.54 Å². The van der Waals surface area contributed by atoms with Gasteiger partial charge in [-0.1, -0.05) is 0 Å². The van der Waals surface area contributed by atoms with Crippen LogP contribution in [0.3, 0.4) is 0 Å². The first-order valence-corrected chi connectivity index (χ1v) is 8.80. The summed E-state index contributed by atoms with van der Waals surface area (Å²) in [6, 6.07) is 3.50. The molecule has 31 heavy (non-hydrogen) atoms. The second kappa shape index (κ2) is 7.36. The number of aromatic amines is 1. The lowest BCUT2D eigenvalue weighted by Crippen LogP contribution is -2.67. The number of nitriles is 1. The van der Waals surface area contributed by atoms with Crippen molar-refractivity contribution in [2.45, 2.75) is 36.3 Å². The lowest BCUT2D eigenvalue weighted by Gasteiger charge is -2.37. The van der Waals surface area contributed by atoms with Crippen molar-refractivity contribution in [2.24, 2.45) is 5.92 Å². The lowest BCUT2D eigenvalue weighted by atomic mass is 9.69. The molecule has 0 aliphatic heterocycles. The van der Waals surface area contributed by atoms with Crippen molar-refractivity contribution < 1.29 is 35.7 Å². The Hall–Kier alpha value is -2.90. The Morgan fingerprint density at radius 3 is 2.39 bits per heavy atom. The SMILES string of the molecule is CC#N.[B]C1(O)C(Cn2cc(-c3ncnc4[nH]ccc34)cn2)C(O)(O)C(O)(O)C1(O)O. The number of aliphatic hydroxyl groups is 7. The van der Waals surface area contributed by atoms with Gasteiger partial charge < -0.3 is 40.7 Å². The number of nitrogens with one attached hydrogen (secondary N) is 1. The zero-order valence-corrected chi connectivity index (χ0v) is 16.1. The van der Waals surface area contributed by atoms with Gasteiger partial charge in [-0.05, 0) is 6.07 Å². The Bertz CT molecular complexity index is 1110. The highest BCUT2D eigenvalue weighted by Crippen LogP contribution is 2.51. The van der Waals surface area contributed by atoms with Crippen LogP contribution in [0.15, 0.2) is 31.0 Å². The van der Waals surface area contributed by atoms with E-state index < -0.39 is 35.3 Å². The zero-order chi connectivity index (χ0) is 23.2. The van der Waals surface area contributed by atoms with Gasteiger partial charge in [0, 0.05) is 30.3 Å². The van der Waals surface area contributed by atoms with Gasteiger partial charge in [0.15, 0.2) is 0 Å². The van der Waals surface area contributed by atoms with E-state index in [0.29, 0.717) is 22.3 Å². The Morgan fingerprint density at radius 2 is 1.81 bits per heavy atom. The summed E-state index contributed by atoms with van der Waals surface area (Å²) in [4.78, 5) is 11.2. The number of aromatic nitrogens is 5. The molecule has 0 bridgehead atoms. The summed E-state index contributed by atoms with van der Waals surface area (Å²) in [6.07, 6.45) is 5.83. The Labute approximate surface area is 175 Å². The molecule has 2 unspecified atom stereocenters. The third kappa shape index (κ3) is 3.20. The summed E-state index contributed by atoms with van der Waals surface area (Å²) in [5.74, 6) is -13.4. The summed E-state index contributed by atoms with van der Waals surface area (Å²) in [5.41, 5.74) is -1.59. The average Bonchev–Trinajstić information content (AvgIpc) is 3.35. The van der Waals surface area contributed by atoms with Gasteiger partial charge in [0.05, 0.1) is 35.9 Å². The van der Waals surface area contributed by atoms with Gasteiger partial charge in [-0.3, -0.25) is 4.68 Å². The fourth-order valence-electron chi connectivity index (χ4n) is 3.47. The molecule has 0 saturated heterocycles. The topological polar surface area (TPSA) is 225 Å². The minimum atomic E-state index is -3.94. The molecular weight excluding hydrogens is 411 g/mol. The van der Waals surface area contributed by atoms with Crippen LogP contribution in [0.2, 0.25) is 0 Å². The molecular formula is C17H19BN6O7. The van der Waals surface area contributed by atoms with Crippen molar-refractivity contribution in [3.05, 3.63) is 31.0 Å². The smallest absolute Gasteiger partial charge is 0.276 e. The van der Waals surface area contributed by atoms with Crippen molar-refractivity contribution in [1.82, 2.24) is 24.7 Å². The molecule has 3 aromatic rings.